The van der Waals surface area contributed by atoms with Crippen LogP contribution in [0.1, 0.15) is 26.3 Å². The topological polar surface area (TPSA) is 109 Å². The smallest absolute Gasteiger partial charge is 0.251 e. The van der Waals surface area contributed by atoms with E-state index in [-0.39, 0.29) is 12.5 Å². The number of ether oxygens (including phenoxy) is 4. The van der Waals surface area contributed by atoms with Crippen molar-refractivity contribution in [2.24, 2.45) is 5.73 Å². The number of benzene rings is 3. The van der Waals surface area contributed by atoms with Gasteiger partial charge in [-0.15, -0.1) is 0 Å². The van der Waals surface area contributed by atoms with Gasteiger partial charge < -0.3 is 30.0 Å². The summed E-state index contributed by atoms with van der Waals surface area (Å²) >= 11 is 0. The van der Waals surface area contributed by atoms with E-state index in [0.717, 1.165) is 0 Å². The SMILES string of the molecule is COc1cc(OC)c(CNC(=O)c2ccc(Oc3ccc(C(N)=O)cc3)cc2)c(OC)c1. The van der Waals surface area contributed by atoms with E-state index in [1.807, 2.05) is 0 Å². The molecule has 8 nitrogen and oxygen atoms in total. The van der Waals surface area contributed by atoms with Gasteiger partial charge >= 0.3 is 0 Å². The molecular weight excluding hydrogens is 412 g/mol. The van der Waals surface area contributed by atoms with E-state index < -0.39 is 5.91 Å². The van der Waals surface area contributed by atoms with Crippen molar-refractivity contribution in [2.75, 3.05) is 21.3 Å². The predicted octanol–water partition coefficient (Wildman–Crippen LogP) is 3.53. The average molecular weight is 436 g/mol. The monoisotopic (exact) mass is 436 g/mol. The number of nitrogens with one attached hydrogen (secondary N) is 1. The van der Waals surface area contributed by atoms with Crippen LogP contribution >= 0.6 is 0 Å². The van der Waals surface area contributed by atoms with Crippen LogP contribution in [-0.2, 0) is 6.54 Å². The molecule has 3 aromatic rings. The summed E-state index contributed by atoms with van der Waals surface area (Å²) < 4.78 is 21.8. The van der Waals surface area contributed by atoms with Gasteiger partial charge in [0.2, 0.25) is 5.91 Å². The summed E-state index contributed by atoms with van der Waals surface area (Å²) in [6.07, 6.45) is 0. The Morgan fingerprint density at radius 1 is 0.750 bits per heavy atom. The second-order valence-electron chi connectivity index (χ2n) is 6.71. The van der Waals surface area contributed by atoms with Crippen LogP contribution in [-0.4, -0.2) is 33.1 Å². The minimum absolute atomic E-state index is 0.208. The molecule has 0 radical (unpaired) electrons. The van der Waals surface area contributed by atoms with Gasteiger partial charge in [-0.2, -0.15) is 0 Å². The number of primary amides is 1. The largest absolute Gasteiger partial charge is 0.496 e. The lowest BCUT2D eigenvalue weighted by atomic mass is 10.1. The number of carbonyl (C=O) groups excluding carboxylic acids is 2. The summed E-state index contributed by atoms with van der Waals surface area (Å²) in [6, 6.07) is 16.6. The van der Waals surface area contributed by atoms with Crippen LogP contribution in [0.15, 0.2) is 60.7 Å². The van der Waals surface area contributed by atoms with Crippen LogP contribution in [0.3, 0.4) is 0 Å². The molecule has 166 valence electrons. The number of rotatable bonds is 9. The lowest BCUT2D eigenvalue weighted by Crippen LogP contribution is -2.23. The van der Waals surface area contributed by atoms with Crippen LogP contribution in [0.25, 0.3) is 0 Å². The van der Waals surface area contributed by atoms with E-state index in [1.165, 1.54) is 0 Å². The zero-order chi connectivity index (χ0) is 23.1. The first-order valence-electron chi connectivity index (χ1n) is 9.70. The van der Waals surface area contributed by atoms with Gasteiger partial charge in [-0.3, -0.25) is 9.59 Å². The van der Waals surface area contributed by atoms with E-state index in [2.05, 4.69) is 5.32 Å². The number of amides is 2. The highest BCUT2D eigenvalue weighted by atomic mass is 16.5. The summed E-state index contributed by atoms with van der Waals surface area (Å²) in [5.74, 6) is 2.02. The van der Waals surface area contributed by atoms with E-state index in [4.69, 9.17) is 24.7 Å². The maximum Gasteiger partial charge on any atom is 0.251 e. The third-order valence-corrected chi connectivity index (χ3v) is 4.73. The molecule has 0 aliphatic heterocycles. The molecule has 8 heteroatoms. The third kappa shape index (κ3) is 5.28. The lowest BCUT2D eigenvalue weighted by Gasteiger charge is -2.15. The summed E-state index contributed by atoms with van der Waals surface area (Å²) in [5, 5.41) is 2.86. The zero-order valence-corrected chi connectivity index (χ0v) is 18.0. The third-order valence-electron chi connectivity index (χ3n) is 4.73. The van der Waals surface area contributed by atoms with Gasteiger partial charge in [0.05, 0.1) is 33.4 Å². The summed E-state index contributed by atoms with van der Waals surface area (Å²) in [7, 11) is 4.64. The van der Waals surface area contributed by atoms with Crippen LogP contribution in [0.2, 0.25) is 0 Å². The number of hydrogen-bond donors (Lipinski definition) is 2. The highest BCUT2D eigenvalue weighted by Gasteiger charge is 2.15. The molecule has 0 spiro atoms. The lowest BCUT2D eigenvalue weighted by molar-refractivity contribution is 0.0949. The van der Waals surface area contributed by atoms with Crippen LogP contribution in [0.5, 0.6) is 28.7 Å². The average Bonchev–Trinajstić information content (AvgIpc) is 2.82. The number of hydrogen-bond acceptors (Lipinski definition) is 6. The molecule has 0 aliphatic rings. The molecule has 0 saturated carbocycles. The van der Waals surface area contributed by atoms with Gasteiger partial charge in [0.25, 0.3) is 5.91 Å². The number of carbonyl (C=O) groups is 2. The van der Waals surface area contributed by atoms with Crippen molar-refractivity contribution < 1.29 is 28.5 Å². The Morgan fingerprint density at radius 2 is 1.25 bits per heavy atom. The first kappa shape index (κ1) is 22.5. The first-order chi connectivity index (χ1) is 15.4. The molecule has 2 amide bonds. The van der Waals surface area contributed by atoms with Crippen LogP contribution in [0, 0.1) is 0 Å². The molecule has 3 aromatic carbocycles. The van der Waals surface area contributed by atoms with Crippen molar-refractivity contribution in [2.45, 2.75) is 6.54 Å². The predicted molar refractivity (Wildman–Crippen MR) is 119 cm³/mol. The van der Waals surface area contributed by atoms with Gasteiger partial charge in [-0.05, 0) is 48.5 Å². The van der Waals surface area contributed by atoms with Crippen molar-refractivity contribution >= 4 is 11.8 Å². The summed E-state index contributed by atoms with van der Waals surface area (Å²) in [4.78, 5) is 23.7. The minimum atomic E-state index is -0.503. The molecule has 0 aromatic heterocycles. The second kappa shape index (κ2) is 10.2. The van der Waals surface area contributed by atoms with Crippen molar-refractivity contribution in [3.63, 3.8) is 0 Å². The van der Waals surface area contributed by atoms with E-state index in [0.29, 0.717) is 45.4 Å². The molecule has 0 atom stereocenters. The van der Waals surface area contributed by atoms with Crippen LogP contribution in [0.4, 0.5) is 0 Å². The summed E-state index contributed by atoms with van der Waals surface area (Å²) in [5.41, 5.74) is 6.79. The van der Waals surface area contributed by atoms with E-state index in [1.54, 1.807) is 82.0 Å². The van der Waals surface area contributed by atoms with Crippen molar-refractivity contribution in [3.8, 4) is 28.7 Å². The first-order valence-corrected chi connectivity index (χ1v) is 9.70. The Bertz CT molecular complexity index is 1070. The molecule has 0 saturated heterocycles. The normalized spacial score (nSPS) is 10.2. The fourth-order valence-electron chi connectivity index (χ4n) is 3.02. The molecule has 32 heavy (non-hydrogen) atoms. The highest BCUT2D eigenvalue weighted by Crippen LogP contribution is 2.34. The van der Waals surface area contributed by atoms with Gasteiger partial charge in [0.15, 0.2) is 0 Å². The molecule has 0 unspecified atom stereocenters. The molecule has 0 heterocycles. The molecule has 3 rings (SSSR count). The Labute approximate surface area is 185 Å². The quantitative estimate of drug-likeness (QED) is 0.531. The van der Waals surface area contributed by atoms with Crippen molar-refractivity contribution in [1.82, 2.24) is 5.32 Å². The van der Waals surface area contributed by atoms with Crippen LogP contribution < -0.4 is 30.0 Å². The zero-order valence-electron chi connectivity index (χ0n) is 18.0. The summed E-state index contributed by atoms with van der Waals surface area (Å²) in [6.45, 7) is 0.208. The standard InChI is InChI=1S/C24H24N2O6/c1-29-19-12-21(30-2)20(22(13-19)31-3)14-26-24(28)16-6-10-18(11-7-16)32-17-8-4-15(5-9-17)23(25)27/h4-13H,14H2,1-3H3,(H2,25,27)(H,26,28). The number of methoxy groups -OCH3 is 3. The molecule has 0 aliphatic carbocycles. The fourth-order valence-corrected chi connectivity index (χ4v) is 3.02. The maximum atomic E-state index is 12.6. The molecule has 0 fully saturated rings. The van der Waals surface area contributed by atoms with E-state index in [9.17, 15) is 9.59 Å². The Morgan fingerprint density at radius 3 is 1.69 bits per heavy atom. The number of nitrogens with two attached hydrogens (primary N) is 1. The Balaban J connectivity index is 1.66. The van der Waals surface area contributed by atoms with Crippen molar-refractivity contribution in [3.05, 3.63) is 77.4 Å². The minimum Gasteiger partial charge on any atom is -0.496 e. The fraction of sp³-hybridized carbons (Fsp3) is 0.167. The van der Waals surface area contributed by atoms with Gasteiger partial charge in [-0.1, -0.05) is 0 Å². The van der Waals surface area contributed by atoms with Crippen molar-refractivity contribution in [1.29, 1.82) is 0 Å². The van der Waals surface area contributed by atoms with Gasteiger partial charge in [0, 0.05) is 23.3 Å². The Hall–Kier alpha value is -4.20. The maximum absolute atomic E-state index is 12.6. The Kier molecular flexibility index (Phi) is 7.17. The molecule has 3 N–H and O–H groups in total. The highest BCUT2D eigenvalue weighted by molar-refractivity contribution is 5.94. The van der Waals surface area contributed by atoms with Gasteiger partial charge in [0.1, 0.15) is 28.7 Å². The molecule has 0 bridgehead atoms. The second-order valence-corrected chi connectivity index (χ2v) is 6.71. The van der Waals surface area contributed by atoms with E-state index >= 15 is 0 Å². The van der Waals surface area contributed by atoms with Gasteiger partial charge in [-0.25, -0.2) is 0 Å². The molecular formula is C24H24N2O6.